The highest BCUT2D eigenvalue weighted by molar-refractivity contribution is 6.05. The van der Waals surface area contributed by atoms with Gasteiger partial charge in [0.05, 0.1) is 11.8 Å². The number of aliphatic imine (C=N–C) groups is 1. The van der Waals surface area contributed by atoms with Crippen molar-refractivity contribution in [3.63, 3.8) is 0 Å². The fourth-order valence-electron chi connectivity index (χ4n) is 3.50. The van der Waals surface area contributed by atoms with Crippen molar-refractivity contribution >= 4 is 23.4 Å². The Morgan fingerprint density at radius 1 is 1.30 bits per heavy atom. The third-order valence-corrected chi connectivity index (χ3v) is 5.05. The van der Waals surface area contributed by atoms with Crippen molar-refractivity contribution in [3.8, 4) is 0 Å². The molecule has 3 N–H and O–H groups in total. The predicted octanol–water partition coefficient (Wildman–Crippen LogP) is 1.39. The number of amides is 1. The number of carbonyl (C=O) groups excluding carboxylic acids is 1. The van der Waals surface area contributed by atoms with Gasteiger partial charge in [0.15, 0.2) is 0 Å². The number of nitrogens with zero attached hydrogens (tertiary/aromatic N) is 3. The number of amidine groups is 1. The van der Waals surface area contributed by atoms with Crippen LogP contribution in [-0.2, 0) is 19.2 Å². The Bertz CT molecular complexity index is 826. The molecule has 0 aromatic heterocycles. The van der Waals surface area contributed by atoms with Crippen molar-refractivity contribution in [1.29, 1.82) is 0 Å². The zero-order valence-electron chi connectivity index (χ0n) is 17.3. The molecule has 0 aliphatic carbocycles. The van der Waals surface area contributed by atoms with Crippen molar-refractivity contribution < 1.29 is 24.3 Å². The van der Waals surface area contributed by atoms with E-state index in [1.165, 1.54) is 0 Å². The minimum atomic E-state index is -0.986. The summed E-state index contributed by atoms with van der Waals surface area (Å²) in [6.45, 7) is 4.65. The number of likely N-dealkylation sites (tertiary alicyclic amines) is 1. The Hall–Kier alpha value is -2.94. The first-order valence-corrected chi connectivity index (χ1v) is 10.1. The molecule has 30 heavy (non-hydrogen) atoms. The Morgan fingerprint density at radius 3 is 2.57 bits per heavy atom. The molecule has 2 heterocycles. The average Bonchev–Trinajstić information content (AvgIpc) is 3.22. The topological polar surface area (TPSA) is 127 Å². The molecule has 1 saturated heterocycles. The molecule has 2 aliphatic heterocycles. The number of hydrogen-bond donors (Lipinski definition) is 2. The molecule has 9 nitrogen and oxygen atoms in total. The fourth-order valence-corrected chi connectivity index (χ4v) is 3.50. The van der Waals surface area contributed by atoms with Gasteiger partial charge in [-0.3, -0.25) is 9.79 Å². The summed E-state index contributed by atoms with van der Waals surface area (Å²) in [5, 5.41) is 12.8. The highest BCUT2D eigenvalue weighted by atomic mass is 16.6. The lowest BCUT2D eigenvalue weighted by molar-refractivity contribution is -0.149. The number of piperidine rings is 1. The average molecular weight is 416 g/mol. The first-order chi connectivity index (χ1) is 14.3. The minimum absolute atomic E-state index is 0.102. The van der Waals surface area contributed by atoms with Crippen LogP contribution in [-0.4, -0.2) is 71.4 Å². The summed E-state index contributed by atoms with van der Waals surface area (Å²) in [4.78, 5) is 34.8. The molecule has 1 fully saturated rings. The molecule has 9 heteroatoms. The van der Waals surface area contributed by atoms with Crippen LogP contribution in [0, 0.1) is 0 Å². The summed E-state index contributed by atoms with van der Waals surface area (Å²) < 4.78 is 5.31. The molecule has 0 saturated carbocycles. The van der Waals surface area contributed by atoms with Crippen LogP contribution < -0.4 is 5.73 Å². The molecule has 2 aliphatic rings. The number of oxime groups is 1. The molecule has 1 unspecified atom stereocenters. The lowest BCUT2D eigenvalue weighted by Crippen LogP contribution is -2.45. The molecule has 0 spiro atoms. The largest absolute Gasteiger partial charge is 0.480 e. The van der Waals surface area contributed by atoms with E-state index in [-0.39, 0.29) is 24.7 Å². The Morgan fingerprint density at radius 2 is 1.97 bits per heavy atom. The number of rotatable bonds is 7. The zero-order chi connectivity index (χ0) is 21.7. The predicted molar refractivity (Wildman–Crippen MR) is 112 cm³/mol. The first kappa shape index (κ1) is 21.8. The van der Waals surface area contributed by atoms with E-state index in [2.05, 4.69) is 10.1 Å². The molecule has 1 atom stereocenters. The molecule has 1 aromatic rings. The number of aliphatic carboxylic acids is 1. The van der Waals surface area contributed by atoms with Crippen molar-refractivity contribution in [1.82, 2.24) is 4.90 Å². The second kappa shape index (κ2) is 9.71. The van der Waals surface area contributed by atoms with Gasteiger partial charge in [0.2, 0.25) is 6.10 Å². The van der Waals surface area contributed by atoms with Crippen LogP contribution in [0.4, 0.5) is 0 Å². The van der Waals surface area contributed by atoms with Gasteiger partial charge in [-0.1, -0.05) is 29.4 Å². The molecule has 1 amide bonds. The minimum Gasteiger partial charge on any atom is -0.480 e. The Labute approximate surface area is 175 Å². The second-order valence-electron chi connectivity index (χ2n) is 7.75. The normalized spacial score (nSPS) is 20.2. The van der Waals surface area contributed by atoms with Crippen molar-refractivity contribution in [2.75, 3.05) is 19.7 Å². The number of nitrogens with two attached hydrogens (primary N) is 1. The molecule has 0 radical (unpaired) electrons. The molecule has 0 bridgehead atoms. The van der Waals surface area contributed by atoms with E-state index in [0.717, 1.165) is 16.8 Å². The van der Waals surface area contributed by atoms with Crippen LogP contribution in [0.1, 0.15) is 44.2 Å². The maximum atomic E-state index is 12.8. The Kier molecular flexibility index (Phi) is 7.04. The number of hydrogen-bond acceptors (Lipinski definition) is 6. The zero-order valence-corrected chi connectivity index (χ0v) is 17.3. The summed E-state index contributed by atoms with van der Waals surface area (Å²) in [5.74, 6) is -0.596. The van der Waals surface area contributed by atoms with E-state index in [9.17, 15) is 9.59 Å². The Balaban J connectivity index is 1.51. The summed E-state index contributed by atoms with van der Waals surface area (Å²) in [6, 6.07) is 7.70. The highest BCUT2D eigenvalue weighted by Crippen LogP contribution is 2.22. The molecular weight excluding hydrogens is 388 g/mol. The van der Waals surface area contributed by atoms with Crippen LogP contribution in [0.2, 0.25) is 0 Å². The van der Waals surface area contributed by atoms with Gasteiger partial charge in [0.25, 0.3) is 5.91 Å². The first-order valence-electron chi connectivity index (χ1n) is 10.1. The van der Waals surface area contributed by atoms with Crippen molar-refractivity contribution in [2.24, 2.45) is 15.9 Å². The monoisotopic (exact) mass is 416 g/mol. The molecular formula is C21H28N4O5. The van der Waals surface area contributed by atoms with Crippen LogP contribution in [0.15, 0.2) is 34.4 Å². The summed E-state index contributed by atoms with van der Waals surface area (Å²) in [7, 11) is 0. The van der Waals surface area contributed by atoms with Gasteiger partial charge in [-0.05, 0) is 32.3 Å². The van der Waals surface area contributed by atoms with Crippen LogP contribution in [0.5, 0.6) is 0 Å². The van der Waals surface area contributed by atoms with Crippen molar-refractivity contribution in [2.45, 2.75) is 51.4 Å². The number of carboxylic acid groups (broad SMARTS) is 1. The van der Waals surface area contributed by atoms with E-state index in [1.807, 2.05) is 38.1 Å². The number of ether oxygens (including phenoxy) is 1. The fraction of sp³-hybridized carbons (Fsp3) is 0.524. The van der Waals surface area contributed by atoms with Crippen molar-refractivity contribution in [3.05, 3.63) is 35.4 Å². The molecule has 3 rings (SSSR count). The van der Waals surface area contributed by atoms with Gasteiger partial charge >= 0.3 is 5.97 Å². The van der Waals surface area contributed by atoms with Gasteiger partial charge in [0, 0.05) is 31.1 Å². The maximum Gasteiger partial charge on any atom is 0.329 e. The summed E-state index contributed by atoms with van der Waals surface area (Å²) in [5.41, 5.74) is 8.44. The summed E-state index contributed by atoms with van der Waals surface area (Å²) in [6.07, 6.45) is 0.861. The van der Waals surface area contributed by atoms with Gasteiger partial charge in [-0.25, -0.2) is 4.79 Å². The number of carboxylic acids is 1. The lowest BCUT2D eigenvalue weighted by atomic mass is 10.0. The van der Waals surface area contributed by atoms with Crippen LogP contribution >= 0.6 is 0 Å². The lowest BCUT2D eigenvalue weighted by Gasteiger charge is -2.32. The van der Waals surface area contributed by atoms with Gasteiger partial charge in [-0.15, -0.1) is 0 Å². The van der Waals surface area contributed by atoms with E-state index >= 15 is 0 Å². The van der Waals surface area contributed by atoms with E-state index < -0.39 is 12.1 Å². The van der Waals surface area contributed by atoms with E-state index in [1.54, 1.807) is 4.90 Å². The van der Waals surface area contributed by atoms with Crippen LogP contribution in [0.3, 0.4) is 0 Å². The molecule has 162 valence electrons. The maximum absolute atomic E-state index is 12.8. The second-order valence-corrected chi connectivity index (χ2v) is 7.75. The van der Waals surface area contributed by atoms with Crippen LogP contribution in [0.25, 0.3) is 0 Å². The van der Waals surface area contributed by atoms with E-state index in [0.29, 0.717) is 38.2 Å². The quantitative estimate of drug-likeness (QED) is 0.511. The van der Waals surface area contributed by atoms with Gasteiger partial charge in [-0.2, -0.15) is 0 Å². The van der Waals surface area contributed by atoms with E-state index in [4.69, 9.17) is 20.4 Å². The third-order valence-electron chi connectivity index (χ3n) is 5.05. The number of benzene rings is 1. The molecule has 1 aromatic carbocycles. The summed E-state index contributed by atoms with van der Waals surface area (Å²) >= 11 is 0. The smallest absolute Gasteiger partial charge is 0.329 e. The standard InChI is InChI=1S/C21H28N4O5/c1-13(2)23-20(22)15-5-3-14(4-6-15)17-11-18(30-24-17)21(28)25-9-7-16(8-10-25)29-12-19(26)27/h3-6,13,16,18H,7-12H2,1-2H3,(H2,22,23)(H,26,27). The third kappa shape index (κ3) is 5.56. The van der Waals surface area contributed by atoms with Gasteiger partial charge < -0.3 is 25.3 Å². The SMILES string of the molecule is CC(C)N=C(N)c1ccc(C2=NOC(C(=O)N3CCC(OCC(=O)O)CC3)C2)cc1. The number of carbonyl (C=O) groups is 2. The van der Waals surface area contributed by atoms with Gasteiger partial charge in [0.1, 0.15) is 12.4 Å². The highest BCUT2D eigenvalue weighted by Gasteiger charge is 2.34.